The summed E-state index contributed by atoms with van der Waals surface area (Å²) < 4.78 is 6.27. The minimum atomic E-state index is -0.301. The number of pyridine rings is 2. The Balaban J connectivity index is 1.35. The van der Waals surface area contributed by atoms with Crippen LogP contribution in [0.25, 0.3) is 11.0 Å². The zero-order valence-corrected chi connectivity index (χ0v) is 19.9. The molecule has 4 aromatic rings. The maximum Gasteiger partial charge on any atom is 0.161 e. The molecule has 9 heteroatoms. The predicted octanol–water partition coefficient (Wildman–Crippen LogP) is 3.77. The maximum absolute atomic E-state index is 6.27. The molecule has 0 saturated carbocycles. The Morgan fingerprint density at radius 1 is 1.09 bits per heavy atom. The van der Waals surface area contributed by atoms with E-state index in [2.05, 4.69) is 71.3 Å². The van der Waals surface area contributed by atoms with Gasteiger partial charge in [0.1, 0.15) is 22.7 Å². The van der Waals surface area contributed by atoms with Crippen molar-refractivity contribution in [2.45, 2.75) is 31.8 Å². The van der Waals surface area contributed by atoms with Gasteiger partial charge in [0, 0.05) is 31.0 Å². The van der Waals surface area contributed by atoms with E-state index in [1.165, 1.54) is 0 Å². The number of H-pyrrole nitrogens is 1. The summed E-state index contributed by atoms with van der Waals surface area (Å²) in [6, 6.07) is 14.3. The molecule has 2 atom stereocenters. The number of nitrogens with one attached hydrogen (secondary N) is 4. The van der Waals surface area contributed by atoms with Crippen LogP contribution in [-0.2, 0) is 5.54 Å². The van der Waals surface area contributed by atoms with E-state index in [9.17, 15) is 0 Å². The molecule has 1 aliphatic heterocycles. The fraction of sp³-hybridized carbons (Fsp3) is 0.292. The molecule has 2 unspecified atom stereocenters. The van der Waals surface area contributed by atoms with E-state index < -0.39 is 0 Å². The summed E-state index contributed by atoms with van der Waals surface area (Å²) in [4.78, 5) is 8.82. The van der Waals surface area contributed by atoms with Gasteiger partial charge in [-0.3, -0.25) is 5.10 Å². The smallest absolute Gasteiger partial charge is 0.161 e. The standard InChI is InChI=1S/C24H28N7OP/c1-24(2,29-20-13-18(33)8-11-26-20)15-3-5-17(6-4-15)32-19-9-12-27-22-21(19)23(31-30-22)28-16-7-10-25-14-16/h3-6,8-9,11-13,16,25H,7,10,14,33H2,1-2H3,(H,26,29)(H2,27,28,30,31). The topological polar surface area (TPSA) is 99.8 Å². The number of anilines is 2. The lowest BCUT2D eigenvalue weighted by molar-refractivity contribution is 0.487. The molecule has 170 valence electrons. The number of benzene rings is 1. The monoisotopic (exact) mass is 461 g/mol. The number of hydrogen-bond acceptors (Lipinski definition) is 7. The van der Waals surface area contributed by atoms with Gasteiger partial charge in [-0.2, -0.15) is 5.10 Å². The van der Waals surface area contributed by atoms with Crippen LogP contribution in [0.5, 0.6) is 11.5 Å². The van der Waals surface area contributed by atoms with Crippen molar-refractivity contribution >= 4 is 37.2 Å². The molecule has 33 heavy (non-hydrogen) atoms. The third kappa shape index (κ3) is 4.77. The van der Waals surface area contributed by atoms with E-state index in [1.807, 2.05) is 30.3 Å². The summed E-state index contributed by atoms with van der Waals surface area (Å²) >= 11 is 0. The molecule has 0 radical (unpaired) electrons. The van der Waals surface area contributed by atoms with Crippen LogP contribution in [0.4, 0.5) is 11.6 Å². The molecule has 8 nitrogen and oxygen atoms in total. The highest BCUT2D eigenvalue weighted by Gasteiger charge is 2.22. The Kier molecular flexibility index (Phi) is 5.87. The van der Waals surface area contributed by atoms with Gasteiger partial charge in [0.2, 0.25) is 0 Å². The molecular weight excluding hydrogens is 433 g/mol. The second-order valence-electron chi connectivity index (χ2n) is 8.79. The number of aromatic nitrogens is 4. The average Bonchev–Trinajstić information content (AvgIpc) is 3.45. The van der Waals surface area contributed by atoms with Gasteiger partial charge >= 0.3 is 0 Å². The second kappa shape index (κ2) is 8.96. The average molecular weight is 462 g/mol. The third-order valence-electron chi connectivity index (χ3n) is 5.85. The van der Waals surface area contributed by atoms with E-state index in [4.69, 9.17) is 4.74 Å². The Bertz CT molecular complexity index is 1250. The van der Waals surface area contributed by atoms with Gasteiger partial charge in [0.05, 0.1) is 5.54 Å². The van der Waals surface area contributed by atoms with Crippen molar-refractivity contribution in [3.8, 4) is 11.5 Å². The van der Waals surface area contributed by atoms with E-state index in [1.54, 1.807) is 12.4 Å². The number of ether oxygens (including phenoxy) is 1. The number of fused-ring (bicyclic) bond motifs is 1. The number of rotatable bonds is 7. The molecule has 0 bridgehead atoms. The summed E-state index contributed by atoms with van der Waals surface area (Å²) in [6.45, 7) is 6.20. The summed E-state index contributed by atoms with van der Waals surface area (Å²) in [5.74, 6) is 3.08. The predicted molar refractivity (Wildman–Crippen MR) is 136 cm³/mol. The molecule has 1 fully saturated rings. The van der Waals surface area contributed by atoms with Crippen LogP contribution in [0.2, 0.25) is 0 Å². The lowest BCUT2D eigenvalue weighted by Crippen LogP contribution is -2.28. The van der Waals surface area contributed by atoms with Crippen molar-refractivity contribution < 1.29 is 4.74 Å². The molecule has 4 heterocycles. The largest absolute Gasteiger partial charge is 0.456 e. The van der Waals surface area contributed by atoms with E-state index in [0.29, 0.717) is 17.4 Å². The molecule has 4 N–H and O–H groups in total. The van der Waals surface area contributed by atoms with Crippen LogP contribution in [-0.4, -0.2) is 39.3 Å². The zero-order chi connectivity index (χ0) is 22.8. The first kappa shape index (κ1) is 21.6. The van der Waals surface area contributed by atoms with Gasteiger partial charge < -0.3 is 20.7 Å². The van der Waals surface area contributed by atoms with Crippen molar-refractivity contribution in [1.82, 2.24) is 25.5 Å². The second-order valence-corrected chi connectivity index (χ2v) is 9.46. The van der Waals surface area contributed by atoms with Gasteiger partial charge in [0.15, 0.2) is 11.5 Å². The first-order chi connectivity index (χ1) is 16.0. The van der Waals surface area contributed by atoms with E-state index in [0.717, 1.165) is 53.1 Å². The highest BCUT2D eigenvalue weighted by molar-refractivity contribution is 7.27. The van der Waals surface area contributed by atoms with Crippen LogP contribution in [0.3, 0.4) is 0 Å². The van der Waals surface area contributed by atoms with Gasteiger partial charge in [-0.05, 0) is 61.9 Å². The first-order valence-electron chi connectivity index (χ1n) is 11.1. The van der Waals surface area contributed by atoms with Crippen molar-refractivity contribution in [3.05, 3.63) is 60.4 Å². The van der Waals surface area contributed by atoms with Crippen molar-refractivity contribution in [1.29, 1.82) is 0 Å². The van der Waals surface area contributed by atoms with E-state index in [-0.39, 0.29) is 5.54 Å². The molecule has 5 rings (SSSR count). The van der Waals surface area contributed by atoms with Gasteiger partial charge in [-0.25, -0.2) is 9.97 Å². The number of hydrogen-bond donors (Lipinski definition) is 4. The lowest BCUT2D eigenvalue weighted by Gasteiger charge is -2.28. The normalized spacial score (nSPS) is 16.2. The summed E-state index contributed by atoms with van der Waals surface area (Å²) in [5.41, 5.74) is 1.53. The number of aromatic amines is 1. The molecule has 0 aliphatic carbocycles. The third-order valence-corrected chi connectivity index (χ3v) is 6.21. The molecule has 1 aromatic carbocycles. The van der Waals surface area contributed by atoms with Crippen LogP contribution < -0.4 is 26.0 Å². The van der Waals surface area contributed by atoms with Gasteiger partial charge in [-0.1, -0.05) is 12.1 Å². The summed E-state index contributed by atoms with van der Waals surface area (Å²) in [6.07, 6.45) is 4.59. The van der Waals surface area contributed by atoms with Crippen LogP contribution in [0, 0.1) is 0 Å². The Morgan fingerprint density at radius 3 is 2.67 bits per heavy atom. The SMILES string of the molecule is CC(C)(Nc1cc(P)ccn1)c1ccc(Oc2ccnc3[nH]nc(NC4CCNC4)c23)cc1. The highest BCUT2D eigenvalue weighted by atomic mass is 31.0. The fourth-order valence-corrected chi connectivity index (χ4v) is 4.30. The van der Waals surface area contributed by atoms with Crippen LogP contribution in [0.15, 0.2) is 54.9 Å². The van der Waals surface area contributed by atoms with Crippen LogP contribution >= 0.6 is 9.24 Å². The Labute approximate surface area is 195 Å². The molecule has 1 aliphatic rings. The molecule has 0 spiro atoms. The van der Waals surface area contributed by atoms with Gasteiger partial charge in [0.25, 0.3) is 0 Å². The Hall–Kier alpha value is -3.22. The van der Waals surface area contributed by atoms with Crippen LogP contribution in [0.1, 0.15) is 25.8 Å². The summed E-state index contributed by atoms with van der Waals surface area (Å²) in [7, 11) is 2.70. The van der Waals surface area contributed by atoms with Crippen molar-refractivity contribution in [2.24, 2.45) is 0 Å². The summed E-state index contributed by atoms with van der Waals surface area (Å²) in [5, 5.41) is 19.8. The maximum atomic E-state index is 6.27. The van der Waals surface area contributed by atoms with Gasteiger partial charge in [-0.15, -0.1) is 9.24 Å². The molecule has 0 amide bonds. The highest BCUT2D eigenvalue weighted by Crippen LogP contribution is 2.34. The first-order valence-corrected chi connectivity index (χ1v) is 11.6. The Morgan fingerprint density at radius 2 is 1.91 bits per heavy atom. The molecule has 1 saturated heterocycles. The quantitative estimate of drug-likeness (QED) is 0.311. The van der Waals surface area contributed by atoms with Crippen molar-refractivity contribution in [3.63, 3.8) is 0 Å². The fourth-order valence-electron chi connectivity index (χ4n) is 4.06. The van der Waals surface area contributed by atoms with Crippen molar-refractivity contribution in [2.75, 3.05) is 23.7 Å². The number of nitrogens with zero attached hydrogens (tertiary/aromatic N) is 3. The lowest BCUT2D eigenvalue weighted by atomic mass is 9.94. The molecule has 3 aromatic heterocycles. The molecular formula is C24H28N7OP. The zero-order valence-electron chi connectivity index (χ0n) is 18.7. The minimum absolute atomic E-state index is 0.301. The van der Waals surface area contributed by atoms with E-state index >= 15 is 0 Å². The minimum Gasteiger partial charge on any atom is -0.456 e.